The van der Waals surface area contributed by atoms with E-state index in [-0.39, 0.29) is 6.10 Å². The first-order valence-corrected chi connectivity index (χ1v) is 7.48. The van der Waals surface area contributed by atoms with Crippen molar-refractivity contribution in [1.29, 1.82) is 0 Å². The molecule has 2 nitrogen and oxygen atoms in total. The molecule has 102 valence electrons. The predicted octanol–water partition coefficient (Wildman–Crippen LogP) is 3.61. The molecular weight excluding hydrogens is 254 g/mol. The van der Waals surface area contributed by atoms with Gasteiger partial charge in [-0.25, -0.2) is 0 Å². The van der Waals surface area contributed by atoms with Crippen LogP contribution in [0.5, 0.6) is 0 Å². The van der Waals surface area contributed by atoms with Crippen LogP contribution in [-0.4, -0.2) is 23.6 Å². The number of aryl methyl sites for hydroxylation is 1. The summed E-state index contributed by atoms with van der Waals surface area (Å²) in [6.45, 7) is 3.91. The third-order valence-electron chi connectivity index (χ3n) is 3.25. The molecule has 0 spiro atoms. The van der Waals surface area contributed by atoms with Gasteiger partial charge in [0.05, 0.1) is 6.10 Å². The van der Waals surface area contributed by atoms with Gasteiger partial charge in [0.1, 0.15) is 0 Å². The zero-order valence-corrected chi connectivity index (χ0v) is 12.4. The van der Waals surface area contributed by atoms with Crippen LogP contribution in [0.3, 0.4) is 0 Å². The number of thiophene rings is 1. The van der Waals surface area contributed by atoms with Gasteiger partial charge in [-0.05, 0) is 37.4 Å². The van der Waals surface area contributed by atoms with Crippen LogP contribution in [0.25, 0.3) is 0 Å². The molecule has 0 saturated heterocycles. The van der Waals surface area contributed by atoms with Gasteiger partial charge in [0.15, 0.2) is 0 Å². The van der Waals surface area contributed by atoms with E-state index >= 15 is 0 Å². The van der Waals surface area contributed by atoms with Gasteiger partial charge in [0.25, 0.3) is 0 Å². The van der Waals surface area contributed by atoms with Crippen LogP contribution >= 0.6 is 11.3 Å². The van der Waals surface area contributed by atoms with E-state index in [1.807, 2.05) is 24.3 Å². The van der Waals surface area contributed by atoms with Gasteiger partial charge in [-0.2, -0.15) is 0 Å². The quantitative estimate of drug-likeness (QED) is 0.870. The van der Waals surface area contributed by atoms with Gasteiger partial charge in [-0.15, -0.1) is 11.3 Å². The summed E-state index contributed by atoms with van der Waals surface area (Å²) in [7, 11) is 2.10. The highest BCUT2D eigenvalue weighted by molar-refractivity contribution is 7.09. The topological polar surface area (TPSA) is 23.5 Å². The average molecular weight is 275 g/mol. The fourth-order valence-electron chi connectivity index (χ4n) is 2.05. The molecule has 1 atom stereocenters. The molecule has 1 aromatic heterocycles. The van der Waals surface area contributed by atoms with Gasteiger partial charge in [-0.3, -0.25) is 0 Å². The van der Waals surface area contributed by atoms with Crippen molar-refractivity contribution in [3.8, 4) is 0 Å². The fourth-order valence-corrected chi connectivity index (χ4v) is 2.83. The Morgan fingerprint density at radius 1 is 1.21 bits per heavy atom. The maximum Gasteiger partial charge on any atom is 0.0802 e. The van der Waals surface area contributed by atoms with Gasteiger partial charge < -0.3 is 10.0 Å². The summed E-state index contributed by atoms with van der Waals surface area (Å²) in [5, 5.41) is 12.3. The van der Waals surface area contributed by atoms with E-state index in [0.29, 0.717) is 0 Å². The van der Waals surface area contributed by atoms with Crippen LogP contribution in [-0.2, 0) is 6.54 Å². The molecule has 2 rings (SSSR count). The molecule has 3 heteroatoms. The van der Waals surface area contributed by atoms with Gasteiger partial charge in [0.2, 0.25) is 0 Å². The van der Waals surface area contributed by atoms with Crippen LogP contribution in [0.1, 0.15) is 28.5 Å². The van der Waals surface area contributed by atoms with Crippen molar-refractivity contribution in [1.82, 2.24) is 4.90 Å². The molecule has 1 aromatic carbocycles. The number of benzene rings is 1. The molecule has 0 radical (unpaired) electrons. The Labute approximate surface area is 119 Å². The minimum absolute atomic E-state index is 0.369. The third-order valence-corrected chi connectivity index (χ3v) is 4.11. The van der Waals surface area contributed by atoms with Crippen LogP contribution in [0.2, 0.25) is 0 Å². The number of hydrogen-bond donors (Lipinski definition) is 1. The number of hydrogen-bond acceptors (Lipinski definition) is 3. The predicted molar refractivity (Wildman–Crippen MR) is 81.4 cm³/mol. The summed E-state index contributed by atoms with van der Waals surface area (Å²) in [6, 6.07) is 12.4. The molecule has 0 fully saturated rings. The van der Waals surface area contributed by atoms with Crippen molar-refractivity contribution in [3.05, 3.63) is 57.8 Å². The number of aliphatic hydroxyl groups excluding tert-OH is 1. The average Bonchev–Trinajstić information content (AvgIpc) is 2.89. The zero-order chi connectivity index (χ0) is 13.7. The maximum atomic E-state index is 10.2. The second-order valence-electron chi connectivity index (χ2n) is 5.03. The highest BCUT2D eigenvalue weighted by Crippen LogP contribution is 2.18. The molecule has 2 aromatic rings. The van der Waals surface area contributed by atoms with Gasteiger partial charge in [0, 0.05) is 18.0 Å². The van der Waals surface area contributed by atoms with E-state index in [0.717, 1.165) is 25.1 Å². The van der Waals surface area contributed by atoms with Crippen LogP contribution in [0.4, 0.5) is 0 Å². The molecule has 0 amide bonds. The monoisotopic (exact) mass is 275 g/mol. The van der Waals surface area contributed by atoms with Gasteiger partial charge in [-0.1, -0.05) is 35.9 Å². The smallest absolute Gasteiger partial charge is 0.0802 e. The zero-order valence-electron chi connectivity index (χ0n) is 11.5. The molecule has 0 bridgehead atoms. The van der Waals surface area contributed by atoms with Crippen molar-refractivity contribution < 1.29 is 5.11 Å². The minimum Gasteiger partial charge on any atom is -0.388 e. The Morgan fingerprint density at radius 3 is 2.58 bits per heavy atom. The highest BCUT2D eigenvalue weighted by atomic mass is 32.1. The third kappa shape index (κ3) is 4.46. The normalized spacial score (nSPS) is 12.8. The fraction of sp³-hybridized carbons (Fsp3) is 0.375. The van der Waals surface area contributed by atoms with Crippen LogP contribution in [0, 0.1) is 6.92 Å². The van der Waals surface area contributed by atoms with E-state index in [4.69, 9.17) is 0 Å². The summed E-state index contributed by atoms with van der Waals surface area (Å²) in [6.07, 6.45) is 0.400. The van der Waals surface area contributed by atoms with Crippen LogP contribution in [0.15, 0.2) is 41.8 Å². The second kappa shape index (κ2) is 6.85. The molecule has 1 heterocycles. The number of nitrogens with zero attached hydrogens (tertiary/aromatic N) is 1. The van der Waals surface area contributed by atoms with Crippen molar-refractivity contribution >= 4 is 11.3 Å². The molecule has 0 aliphatic heterocycles. The first kappa shape index (κ1) is 14.3. The molecular formula is C16H21NOS. The Kier molecular flexibility index (Phi) is 5.14. The Hall–Kier alpha value is -1.16. The Morgan fingerprint density at radius 2 is 1.95 bits per heavy atom. The van der Waals surface area contributed by atoms with E-state index in [1.54, 1.807) is 11.3 Å². The lowest BCUT2D eigenvalue weighted by atomic mass is 10.0. The standard InChI is InChI=1S/C16H21NOS/c1-13-5-7-14(8-6-13)16(18)9-10-17(2)12-15-4-3-11-19-15/h3-8,11,16,18H,9-10,12H2,1-2H3. The highest BCUT2D eigenvalue weighted by Gasteiger charge is 2.09. The first-order valence-electron chi connectivity index (χ1n) is 6.60. The maximum absolute atomic E-state index is 10.2. The largest absolute Gasteiger partial charge is 0.388 e. The van der Waals surface area contributed by atoms with Crippen LogP contribution < -0.4 is 0 Å². The lowest BCUT2D eigenvalue weighted by Crippen LogP contribution is -2.20. The van der Waals surface area contributed by atoms with Crippen molar-refractivity contribution in [3.63, 3.8) is 0 Å². The summed E-state index contributed by atoms with van der Waals surface area (Å²) < 4.78 is 0. The molecule has 19 heavy (non-hydrogen) atoms. The van der Waals surface area contributed by atoms with Crippen molar-refractivity contribution in [2.45, 2.75) is 26.0 Å². The van der Waals surface area contributed by atoms with E-state index in [2.05, 4.69) is 36.4 Å². The summed E-state index contributed by atoms with van der Waals surface area (Å²) >= 11 is 1.78. The second-order valence-corrected chi connectivity index (χ2v) is 6.06. The van der Waals surface area contributed by atoms with Crippen molar-refractivity contribution in [2.24, 2.45) is 0 Å². The molecule has 1 N–H and O–H groups in total. The summed E-state index contributed by atoms with van der Waals surface area (Å²) in [5.74, 6) is 0. The Balaban J connectivity index is 1.79. The lowest BCUT2D eigenvalue weighted by Gasteiger charge is -2.18. The molecule has 0 saturated carbocycles. The first-order chi connectivity index (χ1) is 9.15. The molecule has 1 unspecified atom stereocenters. The van der Waals surface area contributed by atoms with Crippen molar-refractivity contribution in [2.75, 3.05) is 13.6 Å². The Bertz CT molecular complexity index is 478. The number of rotatable bonds is 6. The number of aliphatic hydroxyl groups is 1. The lowest BCUT2D eigenvalue weighted by molar-refractivity contribution is 0.148. The molecule has 0 aliphatic carbocycles. The van der Waals surface area contributed by atoms with E-state index in [1.165, 1.54) is 10.4 Å². The minimum atomic E-state index is -0.369. The SMILES string of the molecule is Cc1ccc(C(O)CCN(C)Cc2cccs2)cc1. The van der Waals surface area contributed by atoms with Gasteiger partial charge >= 0.3 is 0 Å². The molecule has 0 aliphatic rings. The van der Waals surface area contributed by atoms with E-state index < -0.39 is 0 Å². The van der Waals surface area contributed by atoms with E-state index in [9.17, 15) is 5.11 Å². The summed E-state index contributed by atoms with van der Waals surface area (Å²) in [4.78, 5) is 3.62. The summed E-state index contributed by atoms with van der Waals surface area (Å²) in [5.41, 5.74) is 2.24.